The summed E-state index contributed by atoms with van der Waals surface area (Å²) >= 11 is 3.07. The summed E-state index contributed by atoms with van der Waals surface area (Å²) in [6.45, 7) is 4.69. The number of hydrogen-bond donors (Lipinski definition) is 2. The zero-order valence-electron chi connectivity index (χ0n) is 11.2. The lowest BCUT2D eigenvalue weighted by molar-refractivity contribution is -0.117. The van der Waals surface area contributed by atoms with E-state index in [1.54, 1.807) is 12.1 Å². The van der Waals surface area contributed by atoms with E-state index in [1.165, 1.54) is 6.07 Å². The van der Waals surface area contributed by atoms with Gasteiger partial charge in [0.25, 0.3) is 0 Å². The summed E-state index contributed by atoms with van der Waals surface area (Å²) in [6.07, 6.45) is 1.28. The third-order valence-corrected chi connectivity index (χ3v) is 3.46. The van der Waals surface area contributed by atoms with Gasteiger partial charge in [-0.1, -0.05) is 13.8 Å². The van der Waals surface area contributed by atoms with Crippen molar-refractivity contribution in [3.05, 3.63) is 28.5 Å². The van der Waals surface area contributed by atoms with E-state index in [0.717, 1.165) is 6.42 Å². The highest BCUT2D eigenvalue weighted by Gasteiger charge is 2.14. The van der Waals surface area contributed by atoms with Crippen LogP contribution in [0.2, 0.25) is 0 Å². The molecule has 19 heavy (non-hydrogen) atoms. The molecule has 0 aliphatic heterocycles. The molecule has 0 bridgehead atoms. The van der Waals surface area contributed by atoms with Crippen molar-refractivity contribution >= 4 is 27.5 Å². The summed E-state index contributed by atoms with van der Waals surface area (Å²) in [6, 6.07) is 4.52. The van der Waals surface area contributed by atoms with Crippen LogP contribution in [0.5, 0.6) is 0 Å². The molecular formula is C14H20BrFN2O. The molecule has 1 aromatic rings. The second kappa shape index (κ2) is 7.60. The van der Waals surface area contributed by atoms with Gasteiger partial charge in [0.15, 0.2) is 0 Å². The van der Waals surface area contributed by atoms with E-state index in [-0.39, 0.29) is 11.8 Å². The third-order valence-electron chi connectivity index (χ3n) is 2.82. The minimum Gasteiger partial charge on any atom is -0.330 e. The van der Waals surface area contributed by atoms with Crippen LogP contribution in [-0.2, 0) is 4.79 Å². The van der Waals surface area contributed by atoms with Gasteiger partial charge in [0.1, 0.15) is 5.82 Å². The maximum Gasteiger partial charge on any atom is 0.224 e. The van der Waals surface area contributed by atoms with Crippen LogP contribution in [0.25, 0.3) is 0 Å². The molecule has 0 aliphatic carbocycles. The lowest BCUT2D eigenvalue weighted by atomic mass is 9.94. The van der Waals surface area contributed by atoms with Crippen molar-refractivity contribution in [2.75, 3.05) is 11.9 Å². The normalized spacial score (nSPS) is 12.5. The Bertz CT molecular complexity index is 437. The Morgan fingerprint density at radius 2 is 2.16 bits per heavy atom. The molecule has 0 aliphatic rings. The van der Waals surface area contributed by atoms with Gasteiger partial charge in [0, 0.05) is 12.1 Å². The van der Waals surface area contributed by atoms with E-state index in [4.69, 9.17) is 5.73 Å². The van der Waals surface area contributed by atoms with E-state index in [1.807, 2.05) is 0 Å². The predicted molar refractivity (Wildman–Crippen MR) is 79.3 cm³/mol. The number of carbonyl (C=O) groups excluding carboxylic acids is 1. The van der Waals surface area contributed by atoms with Gasteiger partial charge in [0.2, 0.25) is 5.91 Å². The molecular weight excluding hydrogens is 311 g/mol. The minimum atomic E-state index is -0.393. The van der Waals surface area contributed by atoms with Crippen molar-refractivity contribution in [1.82, 2.24) is 0 Å². The zero-order chi connectivity index (χ0) is 14.4. The first-order valence-electron chi connectivity index (χ1n) is 6.37. The van der Waals surface area contributed by atoms with Crippen molar-refractivity contribution in [3.8, 4) is 0 Å². The summed E-state index contributed by atoms with van der Waals surface area (Å²) in [5.41, 5.74) is 6.12. The van der Waals surface area contributed by atoms with Gasteiger partial charge in [-0.05, 0) is 58.9 Å². The molecule has 3 N–H and O–H groups in total. The van der Waals surface area contributed by atoms with E-state index in [9.17, 15) is 9.18 Å². The van der Waals surface area contributed by atoms with E-state index in [2.05, 4.69) is 35.1 Å². The highest BCUT2D eigenvalue weighted by Crippen LogP contribution is 2.20. The summed E-state index contributed by atoms with van der Waals surface area (Å²) < 4.78 is 13.7. The smallest absolute Gasteiger partial charge is 0.224 e. The number of nitrogens with two attached hydrogens (primary N) is 1. The van der Waals surface area contributed by atoms with Gasteiger partial charge in [-0.3, -0.25) is 4.79 Å². The number of hydrogen-bond acceptors (Lipinski definition) is 2. The van der Waals surface area contributed by atoms with Crippen LogP contribution in [-0.4, -0.2) is 12.5 Å². The quantitative estimate of drug-likeness (QED) is 0.838. The molecule has 0 spiro atoms. The number of rotatable bonds is 6. The Morgan fingerprint density at radius 1 is 1.47 bits per heavy atom. The molecule has 1 amide bonds. The first kappa shape index (κ1) is 16.1. The number of benzene rings is 1. The molecule has 1 atom stereocenters. The number of anilines is 1. The molecule has 106 valence electrons. The van der Waals surface area contributed by atoms with Gasteiger partial charge in [-0.2, -0.15) is 0 Å². The molecule has 0 radical (unpaired) electrons. The van der Waals surface area contributed by atoms with Gasteiger partial charge in [0.05, 0.1) is 4.47 Å². The molecule has 1 rings (SSSR count). The van der Waals surface area contributed by atoms with Crippen LogP contribution >= 0.6 is 15.9 Å². The molecule has 5 heteroatoms. The molecule has 3 nitrogen and oxygen atoms in total. The molecule has 0 aromatic heterocycles. The summed E-state index contributed by atoms with van der Waals surface area (Å²) in [7, 11) is 0. The largest absolute Gasteiger partial charge is 0.330 e. The summed E-state index contributed by atoms with van der Waals surface area (Å²) in [4.78, 5) is 11.9. The highest BCUT2D eigenvalue weighted by atomic mass is 79.9. The third kappa shape index (κ3) is 5.70. The fourth-order valence-electron chi connectivity index (χ4n) is 1.98. The van der Waals surface area contributed by atoms with Crippen LogP contribution in [0.1, 0.15) is 26.7 Å². The molecule has 0 fully saturated rings. The molecule has 1 unspecified atom stereocenters. The average Bonchev–Trinajstić information content (AvgIpc) is 2.32. The van der Waals surface area contributed by atoms with Crippen LogP contribution in [0, 0.1) is 17.7 Å². The van der Waals surface area contributed by atoms with Crippen molar-refractivity contribution in [2.24, 2.45) is 17.6 Å². The maximum atomic E-state index is 13.3. The zero-order valence-corrected chi connectivity index (χ0v) is 12.8. The highest BCUT2D eigenvalue weighted by molar-refractivity contribution is 9.10. The SMILES string of the molecule is CC(C)CC(CN)CC(=O)Nc1ccc(Br)c(F)c1. The second-order valence-corrected chi connectivity index (χ2v) is 5.97. The lowest BCUT2D eigenvalue weighted by Gasteiger charge is -2.16. The standard InChI is InChI=1S/C14H20BrFN2O/c1-9(2)5-10(8-17)6-14(19)18-11-3-4-12(15)13(16)7-11/h3-4,7,9-10H,5-6,8,17H2,1-2H3,(H,18,19). The van der Waals surface area contributed by atoms with Crippen LogP contribution in [0.4, 0.5) is 10.1 Å². The second-order valence-electron chi connectivity index (χ2n) is 5.11. The Labute approximate surface area is 121 Å². The number of nitrogens with one attached hydrogen (secondary N) is 1. The molecule has 1 aromatic carbocycles. The average molecular weight is 331 g/mol. The lowest BCUT2D eigenvalue weighted by Crippen LogP contribution is -2.23. The Balaban J connectivity index is 2.56. The van der Waals surface area contributed by atoms with Gasteiger partial charge >= 0.3 is 0 Å². The van der Waals surface area contributed by atoms with Crippen LogP contribution in [0.3, 0.4) is 0 Å². The van der Waals surface area contributed by atoms with E-state index >= 15 is 0 Å². The predicted octanol–water partition coefficient (Wildman–Crippen LogP) is 3.54. The first-order chi connectivity index (χ1) is 8.92. The Hall–Kier alpha value is -0.940. The molecule has 0 saturated carbocycles. The Morgan fingerprint density at radius 3 is 2.68 bits per heavy atom. The monoisotopic (exact) mass is 330 g/mol. The van der Waals surface area contributed by atoms with E-state index < -0.39 is 5.82 Å². The molecule has 0 heterocycles. The number of amides is 1. The van der Waals surface area contributed by atoms with Crippen molar-refractivity contribution in [3.63, 3.8) is 0 Å². The topological polar surface area (TPSA) is 55.1 Å². The Kier molecular flexibility index (Phi) is 6.45. The fourth-order valence-corrected chi connectivity index (χ4v) is 2.22. The fraction of sp³-hybridized carbons (Fsp3) is 0.500. The number of halogens is 2. The van der Waals surface area contributed by atoms with Crippen molar-refractivity contribution in [1.29, 1.82) is 0 Å². The van der Waals surface area contributed by atoms with Crippen molar-refractivity contribution < 1.29 is 9.18 Å². The van der Waals surface area contributed by atoms with Gasteiger partial charge < -0.3 is 11.1 Å². The van der Waals surface area contributed by atoms with E-state index in [0.29, 0.717) is 29.0 Å². The van der Waals surface area contributed by atoms with Crippen molar-refractivity contribution in [2.45, 2.75) is 26.7 Å². The summed E-state index contributed by atoms with van der Waals surface area (Å²) in [5.74, 6) is 0.153. The van der Waals surface area contributed by atoms with Crippen LogP contribution < -0.4 is 11.1 Å². The van der Waals surface area contributed by atoms with Crippen LogP contribution in [0.15, 0.2) is 22.7 Å². The maximum absolute atomic E-state index is 13.3. The van der Waals surface area contributed by atoms with Gasteiger partial charge in [-0.15, -0.1) is 0 Å². The number of carbonyl (C=O) groups is 1. The first-order valence-corrected chi connectivity index (χ1v) is 7.16. The summed E-state index contributed by atoms with van der Waals surface area (Å²) in [5, 5.41) is 2.69. The van der Waals surface area contributed by atoms with Gasteiger partial charge in [-0.25, -0.2) is 4.39 Å². The molecule has 0 saturated heterocycles. The minimum absolute atomic E-state index is 0.127.